The Bertz CT molecular complexity index is 862. The molecule has 0 spiro atoms. The van der Waals surface area contributed by atoms with Crippen molar-refractivity contribution in [2.24, 2.45) is 0 Å². The predicted molar refractivity (Wildman–Crippen MR) is 106 cm³/mol. The van der Waals surface area contributed by atoms with Gasteiger partial charge in [0.05, 0.1) is 11.6 Å². The zero-order chi connectivity index (χ0) is 18.7. The molecule has 1 amide bonds. The number of nitrogens with one attached hydrogen (secondary N) is 2. The highest BCUT2D eigenvalue weighted by Gasteiger charge is 2.30. The van der Waals surface area contributed by atoms with Gasteiger partial charge in [-0.05, 0) is 49.0 Å². The van der Waals surface area contributed by atoms with Gasteiger partial charge >= 0.3 is 0 Å². The van der Waals surface area contributed by atoms with E-state index in [0.717, 1.165) is 17.0 Å². The Labute approximate surface area is 158 Å². The third-order valence-electron chi connectivity index (χ3n) is 4.08. The highest BCUT2D eigenvalue weighted by molar-refractivity contribution is 7.80. The molecule has 0 saturated carbocycles. The molecule has 6 heteroatoms. The molecule has 3 rings (SSSR count). The number of para-hydroxylation sites is 1. The Morgan fingerprint density at radius 1 is 1.08 bits per heavy atom. The van der Waals surface area contributed by atoms with Crippen molar-refractivity contribution in [3.8, 4) is 11.5 Å². The van der Waals surface area contributed by atoms with Crippen LogP contribution in [-0.4, -0.2) is 30.0 Å². The van der Waals surface area contributed by atoms with Gasteiger partial charge in [-0.2, -0.15) is 0 Å². The molecular formula is C20H21N3O2S. The number of hydrogen-bond donors (Lipinski definition) is 2. The first-order valence-corrected chi connectivity index (χ1v) is 8.69. The number of ether oxygens (including phenoxy) is 1. The number of nitrogens with zero attached hydrogens (tertiary/aromatic N) is 1. The van der Waals surface area contributed by atoms with Gasteiger partial charge in [0.2, 0.25) is 0 Å². The van der Waals surface area contributed by atoms with Crippen molar-refractivity contribution >= 4 is 23.2 Å². The average Bonchev–Trinajstić information content (AvgIpc) is 2.61. The van der Waals surface area contributed by atoms with Crippen LogP contribution >= 0.6 is 12.2 Å². The number of carbonyl (C=O) groups is 1. The molecule has 0 saturated heterocycles. The smallest absolute Gasteiger partial charge is 0.253 e. The Balaban J connectivity index is 1.96. The summed E-state index contributed by atoms with van der Waals surface area (Å²) in [7, 11) is 3.48. The average molecular weight is 367 g/mol. The van der Waals surface area contributed by atoms with E-state index in [1.807, 2.05) is 61.5 Å². The Hall–Kier alpha value is -2.86. The minimum Gasteiger partial charge on any atom is -0.457 e. The molecule has 2 aromatic rings. The molecule has 1 atom stereocenters. The molecule has 0 aliphatic carbocycles. The lowest BCUT2D eigenvalue weighted by Gasteiger charge is -2.31. The van der Waals surface area contributed by atoms with Crippen molar-refractivity contribution in [2.75, 3.05) is 14.1 Å². The molecule has 1 aliphatic rings. The van der Waals surface area contributed by atoms with Crippen LogP contribution < -0.4 is 15.4 Å². The van der Waals surface area contributed by atoms with Crippen LogP contribution in [0.5, 0.6) is 11.5 Å². The molecule has 0 bridgehead atoms. The summed E-state index contributed by atoms with van der Waals surface area (Å²) in [5, 5.41) is 6.74. The second-order valence-corrected chi connectivity index (χ2v) is 6.67. The van der Waals surface area contributed by atoms with E-state index in [1.54, 1.807) is 19.0 Å². The standard InChI is InChI=1S/C20H21N3O2S/c1-13-17(19(24)23(2)3)18(22-20(26)21-13)14-8-7-11-16(12-14)25-15-9-5-4-6-10-15/h4-12,18H,1-3H3,(H2,21,22,26). The SMILES string of the molecule is CC1=C(C(=O)N(C)C)C(c2cccc(Oc3ccccc3)c2)NC(=S)N1. The van der Waals surface area contributed by atoms with Crippen molar-refractivity contribution < 1.29 is 9.53 Å². The minimum atomic E-state index is -0.335. The quantitative estimate of drug-likeness (QED) is 0.812. The maximum Gasteiger partial charge on any atom is 0.253 e. The number of amides is 1. The van der Waals surface area contributed by atoms with E-state index < -0.39 is 0 Å². The maximum atomic E-state index is 12.7. The summed E-state index contributed by atoms with van der Waals surface area (Å²) in [6.45, 7) is 1.86. The van der Waals surface area contributed by atoms with Crippen molar-refractivity contribution in [2.45, 2.75) is 13.0 Å². The molecule has 5 nitrogen and oxygen atoms in total. The van der Waals surface area contributed by atoms with Crippen molar-refractivity contribution in [3.63, 3.8) is 0 Å². The molecule has 1 heterocycles. The van der Waals surface area contributed by atoms with Crippen LogP contribution in [0.25, 0.3) is 0 Å². The highest BCUT2D eigenvalue weighted by Crippen LogP contribution is 2.31. The summed E-state index contributed by atoms with van der Waals surface area (Å²) in [5.74, 6) is 1.40. The zero-order valence-electron chi connectivity index (χ0n) is 14.9. The summed E-state index contributed by atoms with van der Waals surface area (Å²) in [5.41, 5.74) is 2.30. The highest BCUT2D eigenvalue weighted by atomic mass is 32.1. The third-order valence-corrected chi connectivity index (χ3v) is 4.30. The number of likely N-dealkylation sites (N-methyl/N-ethyl adjacent to an activating group) is 1. The second kappa shape index (κ2) is 7.58. The number of hydrogen-bond acceptors (Lipinski definition) is 3. The van der Waals surface area contributed by atoms with Gasteiger partial charge in [-0.25, -0.2) is 0 Å². The van der Waals surface area contributed by atoms with Crippen LogP contribution in [0.1, 0.15) is 18.5 Å². The molecule has 2 N–H and O–H groups in total. The molecule has 1 unspecified atom stereocenters. The number of rotatable bonds is 4. The summed E-state index contributed by atoms with van der Waals surface area (Å²) >= 11 is 5.29. The van der Waals surface area contributed by atoms with E-state index in [2.05, 4.69) is 10.6 Å². The van der Waals surface area contributed by atoms with Gasteiger partial charge in [-0.3, -0.25) is 4.79 Å². The summed E-state index contributed by atoms with van der Waals surface area (Å²) in [6, 6.07) is 16.9. The molecule has 1 aliphatic heterocycles. The lowest BCUT2D eigenvalue weighted by molar-refractivity contribution is -0.125. The summed E-state index contributed by atoms with van der Waals surface area (Å²) < 4.78 is 5.92. The van der Waals surface area contributed by atoms with Gasteiger partial charge < -0.3 is 20.3 Å². The molecule has 26 heavy (non-hydrogen) atoms. The third kappa shape index (κ3) is 3.86. The summed E-state index contributed by atoms with van der Waals surface area (Å²) in [6.07, 6.45) is 0. The van der Waals surface area contributed by atoms with Crippen LogP contribution in [0.4, 0.5) is 0 Å². The predicted octanol–water partition coefficient (Wildman–Crippen LogP) is 3.36. The molecular weight excluding hydrogens is 346 g/mol. The first kappa shape index (κ1) is 17.9. The van der Waals surface area contributed by atoms with Gasteiger partial charge in [-0.1, -0.05) is 30.3 Å². The van der Waals surface area contributed by atoms with Crippen molar-refractivity contribution in [1.29, 1.82) is 0 Å². The fourth-order valence-electron chi connectivity index (χ4n) is 2.85. The lowest BCUT2D eigenvalue weighted by Crippen LogP contribution is -2.46. The number of thiocarbonyl (C=S) groups is 1. The normalized spacial score (nSPS) is 16.6. The fourth-order valence-corrected chi connectivity index (χ4v) is 3.12. The molecule has 0 radical (unpaired) electrons. The van der Waals surface area contributed by atoms with Gasteiger partial charge in [-0.15, -0.1) is 0 Å². The molecule has 0 fully saturated rings. The van der Waals surface area contributed by atoms with Crippen LogP contribution in [0.3, 0.4) is 0 Å². The van der Waals surface area contributed by atoms with Gasteiger partial charge in [0.25, 0.3) is 5.91 Å². The van der Waals surface area contributed by atoms with E-state index in [1.165, 1.54) is 0 Å². The Morgan fingerprint density at radius 3 is 2.46 bits per heavy atom. The Morgan fingerprint density at radius 2 is 1.77 bits per heavy atom. The topological polar surface area (TPSA) is 53.6 Å². The maximum absolute atomic E-state index is 12.7. The summed E-state index contributed by atoms with van der Waals surface area (Å²) in [4.78, 5) is 14.3. The molecule has 0 aromatic heterocycles. The van der Waals surface area contributed by atoms with Crippen LogP contribution in [0.15, 0.2) is 65.9 Å². The molecule has 2 aromatic carbocycles. The van der Waals surface area contributed by atoms with Gasteiger partial charge in [0.15, 0.2) is 5.11 Å². The van der Waals surface area contributed by atoms with E-state index >= 15 is 0 Å². The van der Waals surface area contributed by atoms with E-state index in [9.17, 15) is 4.79 Å². The number of carbonyl (C=O) groups excluding carboxylic acids is 1. The monoisotopic (exact) mass is 367 g/mol. The Kier molecular flexibility index (Phi) is 5.23. The van der Waals surface area contributed by atoms with E-state index in [0.29, 0.717) is 16.4 Å². The second-order valence-electron chi connectivity index (χ2n) is 6.26. The largest absolute Gasteiger partial charge is 0.457 e. The van der Waals surface area contributed by atoms with Crippen LogP contribution in [-0.2, 0) is 4.79 Å². The van der Waals surface area contributed by atoms with E-state index in [4.69, 9.17) is 17.0 Å². The number of benzene rings is 2. The first-order chi connectivity index (χ1) is 12.5. The van der Waals surface area contributed by atoms with Crippen LogP contribution in [0.2, 0.25) is 0 Å². The first-order valence-electron chi connectivity index (χ1n) is 8.28. The lowest BCUT2D eigenvalue weighted by atomic mass is 9.94. The zero-order valence-corrected chi connectivity index (χ0v) is 15.8. The van der Waals surface area contributed by atoms with Crippen LogP contribution in [0, 0.1) is 0 Å². The van der Waals surface area contributed by atoms with Gasteiger partial charge in [0, 0.05) is 19.8 Å². The van der Waals surface area contributed by atoms with Crippen molar-refractivity contribution in [1.82, 2.24) is 15.5 Å². The number of allylic oxidation sites excluding steroid dienone is 1. The fraction of sp³-hybridized carbons (Fsp3) is 0.200. The van der Waals surface area contributed by atoms with Crippen molar-refractivity contribution in [3.05, 3.63) is 71.4 Å². The minimum absolute atomic E-state index is 0.0654. The van der Waals surface area contributed by atoms with E-state index in [-0.39, 0.29) is 11.9 Å². The molecule has 134 valence electrons. The van der Waals surface area contributed by atoms with Gasteiger partial charge in [0.1, 0.15) is 11.5 Å².